The molecule has 9 nitrogen and oxygen atoms in total. The highest BCUT2D eigenvalue weighted by Gasteiger charge is 2.28. The molecular formula is C15H14N4O5S. The van der Waals surface area contributed by atoms with Crippen LogP contribution < -0.4 is 14.8 Å². The molecule has 1 aliphatic heterocycles. The van der Waals surface area contributed by atoms with Crippen molar-refractivity contribution in [3.05, 3.63) is 42.2 Å². The molecule has 0 saturated heterocycles. The van der Waals surface area contributed by atoms with Crippen LogP contribution in [-0.4, -0.2) is 36.5 Å². The van der Waals surface area contributed by atoms with Crippen LogP contribution in [0.2, 0.25) is 0 Å². The lowest BCUT2D eigenvalue weighted by Crippen LogP contribution is -2.36. The lowest BCUT2D eigenvalue weighted by molar-refractivity contribution is -0.123. The standard InChI is InChI=1S/C15H14N4O5S/c1-2-12-15(21)17-11-8-9(5-6-13(11)24-12)25(22,23)19-14(20)10-4-3-7-16-18-10/h3-8,12H,2H2,1H3,(H,17,21)(H,19,20). The van der Waals surface area contributed by atoms with Crippen molar-refractivity contribution >= 4 is 27.5 Å². The molecule has 10 heteroatoms. The molecule has 0 aliphatic carbocycles. The van der Waals surface area contributed by atoms with Gasteiger partial charge < -0.3 is 10.1 Å². The van der Waals surface area contributed by atoms with Crippen molar-refractivity contribution in [3.8, 4) is 5.75 Å². The summed E-state index contributed by atoms with van der Waals surface area (Å²) in [6, 6.07) is 6.74. The van der Waals surface area contributed by atoms with E-state index >= 15 is 0 Å². The maximum Gasteiger partial charge on any atom is 0.285 e. The molecule has 1 aliphatic rings. The van der Waals surface area contributed by atoms with Crippen molar-refractivity contribution in [2.75, 3.05) is 5.32 Å². The minimum atomic E-state index is -4.15. The van der Waals surface area contributed by atoms with Crippen molar-refractivity contribution in [1.82, 2.24) is 14.9 Å². The van der Waals surface area contributed by atoms with Gasteiger partial charge >= 0.3 is 0 Å². The van der Waals surface area contributed by atoms with Crippen LogP contribution in [0.4, 0.5) is 5.69 Å². The highest BCUT2D eigenvalue weighted by Crippen LogP contribution is 2.32. The quantitative estimate of drug-likeness (QED) is 0.819. The molecule has 130 valence electrons. The van der Waals surface area contributed by atoms with E-state index in [0.717, 1.165) is 0 Å². The average molecular weight is 362 g/mol. The fourth-order valence-corrected chi connectivity index (χ4v) is 3.21. The SMILES string of the molecule is CCC1Oc2ccc(S(=O)(=O)NC(=O)c3cccnn3)cc2NC1=O. The number of sulfonamides is 1. The van der Waals surface area contributed by atoms with Gasteiger partial charge in [0.2, 0.25) is 0 Å². The monoisotopic (exact) mass is 362 g/mol. The minimum Gasteiger partial charge on any atom is -0.478 e. The smallest absolute Gasteiger partial charge is 0.285 e. The minimum absolute atomic E-state index is 0.133. The van der Waals surface area contributed by atoms with Gasteiger partial charge in [-0.15, -0.1) is 5.10 Å². The second kappa shape index (κ2) is 6.48. The molecule has 0 spiro atoms. The number of nitrogens with one attached hydrogen (secondary N) is 2. The van der Waals surface area contributed by atoms with Crippen LogP contribution in [0, 0.1) is 0 Å². The van der Waals surface area contributed by atoms with E-state index in [9.17, 15) is 18.0 Å². The number of carbonyl (C=O) groups excluding carboxylic acids is 2. The van der Waals surface area contributed by atoms with Crippen molar-refractivity contribution in [3.63, 3.8) is 0 Å². The Kier molecular flexibility index (Phi) is 4.36. The van der Waals surface area contributed by atoms with Gasteiger partial charge in [-0.25, -0.2) is 13.1 Å². The van der Waals surface area contributed by atoms with Crippen LogP contribution in [0.1, 0.15) is 23.8 Å². The molecule has 0 fully saturated rings. The maximum absolute atomic E-state index is 12.4. The number of aromatic nitrogens is 2. The van der Waals surface area contributed by atoms with Crippen molar-refractivity contribution in [1.29, 1.82) is 0 Å². The van der Waals surface area contributed by atoms with Crippen LogP contribution in [0.5, 0.6) is 5.75 Å². The molecule has 3 rings (SSSR count). The fourth-order valence-electron chi connectivity index (χ4n) is 2.22. The van der Waals surface area contributed by atoms with E-state index < -0.39 is 22.0 Å². The first-order valence-corrected chi connectivity index (χ1v) is 8.85. The molecular weight excluding hydrogens is 348 g/mol. The first kappa shape index (κ1) is 16.8. The van der Waals surface area contributed by atoms with E-state index in [2.05, 4.69) is 15.5 Å². The first-order chi connectivity index (χ1) is 11.9. The first-order valence-electron chi connectivity index (χ1n) is 7.37. The molecule has 1 aromatic heterocycles. The predicted molar refractivity (Wildman–Crippen MR) is 86.5 cm³/mol. The molecule has 2 aromatic rings. The van der Waals surface area contributed by atoms with Crippen LogP contribution in [0.25, 0.3) is 0 Å². The molecule has 0 radical (unpaired) electrons. The predicted octanol–water partition coefficient (Wildman–Crippen LogP) is 0.705. The van der Waals surface area contributed by atoms with E-state index in [0.29, 0.717) is 12.2 Å². The van der Waals surface area contributed by atoms with E-state index in [1.807, 2.05) is 4.72 Å². The fraction of sp³-hybridized carbons (Fsp3) is 0.200. The molecule has 1 atom stereocenters. The Hall–Kier alpha value is -3.01. The summed E-state index contributed by atoms with van der Waals surface area (Å²) < 4.78 is 32.1. The van der Waals surface area contributed by atoms with Gasteiger partial charge in [0.1, 0.15) is 5.75 Å². The van der Waals surface area contributed by atoms with Gasteiger partial charge in [0.25, 0.3) is 21.8 Å². The molecule has 2 N–H and O–H groups in total. The van der Waals surface area contributed by atoms with Gasteiger partial charge in [-0.1, -0.05) is 6.92 Å². The Morgan fingerprint density at radius 1 is 1.36 bits per heavy atom. The van der Waals surface area contributed by atoms with Crippen LogP contribution >= 0.6 is 0 Å². The number of nitrogens with zero attached hydrogens (tertiary/aromatic N) is 2. The number of benzene rings is 1. The Morgan fingerprint density at radius 2 is 2.16 bits per heavy atom. The third-order valence-corrected chi connectivity index (χ3v) is 4.81. The molecule has 1 unspecified atom stereocenters. The topological polar surface area (TPSA) is 127 Å². The molecule has 0 bridgehead atoms. The summed E-state index contributed by atoms with van der Waals surface area (Å²) in [6.07, 6.45) is 1.23. The van der Waals surface area contributed by atoms with E-state index in [-0.39, 0.29) is 22.2 Å². The zero-order valence-electron chi connectivity index (χ0n) is 13.1. The molecule has 2 heterocycles. The maximum atomic E-state index is 12.4. The Bertz CT molecular complexity index is 930. The number of fused-ring (bicyclic) bond motifs is 1. The number of anilines is 1. The van der Waals surface area contributed by atoms with Crippen LogP contribution in [0.15, 0.2) is 41.4 Å². The third kappa shape index (κ3) is 3.43. The Morgan fingerprint density at radius 3 is 2.84 bits per heavy atom. The van der Waals surface area contributed by atoms with E-state index in [1.54, 1.807) is 6.92 Å². The van der Waals surface area contributed by atoms with Crippen molar-refractivity contribution in [2.24, 2.45) is 0 Å². The second-order valence-electron chi connectivity index (χ2n) is 5.21. The van der Waals surface area contributed by atoms with Crippen LogP contribution in [0.3, 0.4) is 0 Å². The van der Waals surface area contributed by atoms with Gasteiger partial charge in [-0.2, -0.15) is 5.10 Å². The number of carbonyl (C=O) groups is 2. The van der Waals surface area contributed by atoms with Crippen LogP contribution in [-0.2, 0) is 14.8 Å². The summed E-state index contributed by atoms with van der Waals surface area (Å²) >= 11 is 0. The van der Waals surface area contributed by atoms with Gasteiger partial charge in [0, 0.05) is 6.20 Å². The summed E-state index contributed by atoms with van der Waals surface area (Å²) in [6.45, 7) is 1.80. The van der Waals surface area contributed by atoms with Gasteiger partial charge in [0.15, 0.2) is 11.8 Å². The normalized spacial score (nSPS) is 16.4. The average Bonchev–Trinajstić information content (AvgIpc) is 2.61. The second-order valence-corrected chi connectivity index (χ2v) is 6.89. The summed E-state index contributed by atoms with van der Waals surface area (Å²) in [4.78, 5) is 23.6. The lowest BCUT2D eigenvalue weighted by atomic mass is 10.2. The highest BCUT2D eigenvalue weighted by atomic mass is 32.2. The largest absolute Gasteiger partial charge is 0.478 e. The summed E-state index contributed by atoms with van der Waals surface area (Å²) in [5.41, 5.74) is 0.0935. The summed E-state index contributed by atoms with van der Waals surface area (Å²) in [7, 11) is -4.15. The number of amides is 2. The number of hydrogen-bond acceptors (Lipinski definition) is 7. The summed E-state index contributed by atoms with van der Waals surface area (Å²) in [5, 5.41) is 9.67. The van der Waals surface area contributed by atoms with Gasteiger partial charge in [-0.05, 0) is 36.8 Å². The molecule has 2 amide bonds. The molecule has 0 saturated carbocycles. The lowest BCUT2D eigenvalue weighted by Gasteiger charge is -2.25. The third-order valence-electron chi connectivity index (χ3n) is 3.48. The van der Waals surface area contributed by atoms with Gasteiger partial charge in [-0.3, -0.25) is 9.59 Å². The van der Waals surface area contributed by atoms with E-state index in [4.69, 9.17) is 4.74 Å². The summed E-state index contributed by atoms with van der Waals surface area (Å²) in [5.74, 6) is -0.893. The number of ether oxygens (including phenoxy) is 1. The van der Waals surface area contributed by atoms with Gasteiger partial charge in [0.05, 0.1) is 10.6 Å². The Balaban J connectivity index is 1.85. The highest BCUT2D eigenvalue weighted by molar-refractivity contribution is 7.90. The van der Waals surface area contributed by atoms with E-state index in [1.165, 1.54) is 36.5 Å². The zero-order chi connectivity index (χ0) is 18.0. The number of rotatable bonds is 4. The number of hydrogen-bond donors (Lipinski definition) is 2. The van der Waals surface area contributed by atoms with Crippen molar-refractivity contribution < 1.29 is 22.7 Å². The van der Waals surface area contributed by atoms with Crippen molar-refractivity contribution in [2.45, 2.75) is 24.3 Å². The Labute approximate surface area is 143 Å². The molecule has 25 heavy (non-hydrogen) atoms. The molecule has 1 aromatic carbocycles. The zero-order valence-corrected chi connectivity index (χ0v) is 13.9.